The van der Waals surface area contributed by atoms with Gasteiger partial charge in [0.05, 0.1) is 13.2 Å². The Balaban J connectivity index is 1.58. The summed E-state index contributed by atoms with van der Waals surface area (Å²) in [5, 5.41) is 11.5. The summed E-state index contributed by atoms with van der Waals surface area (Å²) in [4.78, 5) is 14.8. The van der Waals surface area contributed by atoms with Crippen molar-refractivity contribution < 1.29 is 9.53 Å². The fraction of sp³-hybridized carbons (Fsp3) is 0.217. The number of nitrogens with one attached hydrogen (secondary N) is 1. The smallest absolute Gasteiger partial charge is 0.244 e. The van der Waals surface area contributed by atoms with E-state index in [1.807, 2.05) is 41.3 Å². The maximum atomic E-state index is 12.9. The van der Waals surface area contributed by atoms with Crippen LogP contribution in [0, 0.1) is 0 Å². The Hall–Kier alpha value is -2.90. The molecule has 7 heteroatoms. The number of amides is 1. The lowest BCUT2D eigenvalue weighted by molar-refractivity contribution is -0.136. The van der Waals surface area contributed by atoms with Crippen molar-refractivity contribution in [3.8, 4) is 0 Å². The largest absolute Gasteiger partial charge is 0.378 e. The van der Waals surface area contributed by atoms with Crippen molar-refractivity contribution >= 4 is 55.0 Å². The van der Waals surface area contributed by atoms with Crippen LogP contribution in [-0.2, 0) is 16.1 Å². The van der Waals surface area contributed by atoms with Gasteiger partial charge in [-0.1, -0.05) is 46.3 Å². The molecule has 4 aromatic rings. The number of hydrogen-bond acceptors (Lipinski definition) is 4. The van der Waals surface area contributed by atoms with Crippen LogP contribution in [0.5, 0.6) is 0 Å². The minimum Gasteiger partial charge on any atom is -0.378 e. The molecular weight excluding hydrogens is 444 g/mol. The number of ether oxygens (including phenoxy) is 1. The number of halogens is 1. The second kappa shape index (κ2) is 8.08. The first kappa shape index (κ1) is 19.1. The molecule has 30 heavy (non-hydrogen) atoms. The van der Waals surface area contributed by atoms with Crippen LogP contribution >= 0.6 is 15.9 Å². The highest BCUT2D eigenvalue weighted by molar-refractivity contribution is 9.10. The van der Waals surface area contributed by atoms with Gasteiger partial charge in [-0.2, -0.15) is 5.10 Å². The van der Waals surface area contributed by atoms with Crippen molar-refractivity contribution in [1.29, 1.82) is 0 Å². The van der Waals surface area contributed by atoms with Crippen LogP contribution in [0.2, 0.25) is 0 Å². The summed E-state index contributed by atoms with van der Waals surface area (Å²) in [5.41, 5.74) is 1.83. The molecule has 1 N–H and O–H groups in total. The van der Waals surface area contributed by atoms with Crippen LogP contribution < -0.4 is 5.32 Å². The number of aromatic nitrogens is 2. The zero-order chi connectivity index (χ0) is 20.5. The third-order valence-electron chi connectivity index (χ3n) is 5.39. The van der Waals surface area contributed by atoms with Gasteiger partial charge in [0, 0.05) is 34.0 Å². The number of morpholine rings is 1. The number of carbonyl (C=O) groups excluding carboxylic acids is 1. The fourth-order valence-electron chi connectivity index (χ4n) is 3.82. The van der Waals surface area contributed by atoms with Gasteiger partial charge >= 0.3 is 0 Å². The maximum Gasteiger partial charge on any atom is 0.244 e. The molecule has 1 fully saturated rings. The van der Waals surface area contributed by atoms with Gasteiger partial charge in [0.25, 0.3) is 0 Å². The van der Waals surface area contributed by atoms with Crippen molar-refractivity contribution in [3.63, 3.8) is 0 Å². The average Bonchev–Trinajstić information content (AvgIpc) is 3.13. The summed E-state index contributed by atoms with van der Waals surface area (Å²) in [6.45, 7) is 2.60. The lowest BCUT2D eigenvalue weighted by Gasteiger charge is -2.27. The Kier molecular flexibility index (Phi) is 5.14. The van der Waals surface area contributed by atoms with Crippen LogP contribution in [0.15, 0.2) is 65.1 Å². The second-order valence-corrected chi connectivity index (χ2v) is 8.23. The van der Waals surface area contributed by atoms with E-state index >= 15 is 0 Å². The normalized spacial score (nSPS) is 14.4. The van der Waals surface area contributed by atoms with Gasteiger partial charge in [0.2, 0.25) is 5.91 Å². The summed E-state index contributed by atoms with van der Waals surface area (Å²) < 4.78 is 8.18. The molecule has 0 spiro atoms. The molecule has 1 aliphatic heterocycles. The van der Waals surface area contributed by atoms with Crippen LogP contribution in [0.3, 0.4) is 0 Å². The van der Waals surface area contributed by atoms with E-state index in [0.717, 1.165) is 37.7 Å². The van der Waals surface area contributed by atoms with Gasteiger partial charge in [0.15, 0.2) is 0 Å². The van der Waals surface area contributed by atoms with Gasteiger partial charge < -0.3 is 15.0 Å². The van der Waals surface area contributed by atoms with E-state index in [2.05, 4.69) is 45.5 Å². The van der Waals surface area contributed by atoms with E-state index in [1.165, 1.54) is 0 Å². The van der Waals surface area contributed by atoms with Gasteiger partial charge in [-0.05, 0) is 35.7 Å². The predicted octanol–water partition coefficient (Wildman–Crippen LogP) is 4.55. The van der Waals surface area contributed by atoms with E-state index in [4.69, 9.17) is 9.84 Å². The van der Waals surface area contributed by atoms with Crippen molar-refractivity contribution in [3.05, 3.63) is 65.1 Å². The number of fused-ring (bicyclic) bond motifs is 3. The Morgan fingerprint density at radius 3 is 2.57 bits per heavy atom. The van der Waals surface area contributed by atoms with E-state index in [-0.39, 0.29) is 12.5 Å². The Morgan fingerprint density at radius 2 is 1.77 bits per heavy atom. The van der Waals surface area contributed by atoms with Gasteiger partial charge in [0.1, 0.15) is 17.9 Å². The first-order chi connectivity index (χ1) is 14.7. The molecule has 1 saturated heterocycles. The van der Waals surface area contributed by atoms with Crippen molar-refractivity contribution in [2.45, 2.75) is 6.54 Å². The summed E-state index contributed by atoms with van der Waals surface area (Å²) in [7, 11) is 0. The first-order valence-corrected chi connectivity index (χ1v) is 10.7. The van der Waals surface area contributed by atoms with Crippen LogP contribution in [-0.4, -0.2) is 46.9 Å². The second-order valence-electron chi connectivity index (χ2n) is 7.31. The SMILES string of the molecule is O=C(Cn1nc2c(ccc3ccccc32)c1Nc1ccc(Br)cc1)N1CCOCC1. The highest BCUT2D eigenvalue weighted by Crippen LogP contribution is 2.32. The van der Waals surface area contributed by atoms with Crippen LogP contribution in [0.4, 0.5) is 11.5 Å². The van der Waals surface area contributed by atoms with Gasteiger partial charge in [-0.25, -0.2) is 4.68 Å². The Bertz CT molecular complexity index is 1210. The van der Waals surface area contributed by atoms with Crippen molar-refractivity contribution in [2.75, 3.05) is 31.6 Å². The van der Waals surface area contributed by atoms with E-state index in [0.29, 0.717) is 26.3 Å². The third kappa shape index (κ3) is 3.66. The highest BCUT2D eigenvalue weighted by Gasteiger charge is 2.21. The molecule has 6 nitrogen and oxygen atoms in total. The summed E-state index contributed by atoms with van der Waals surface area (Å²) in [6, 6.07) is 20.3. The minimum absolute atomic E-state index is 0.0502. The highest BCUT2D eigenvalue weighted by atomic mass is 79.9. The standard InChI is InChI=1S/C23H21BrN4O2/c24-17-6-8-18(9-7-17)25-23-20-10-5-16-3-1-2-4-19(16)22(20)26-28(23)15-21(29)27-11-13-30-14-12-27/h1-10,25H,11-15H2. The van der Waals surface area contributed by atoms with Crippen molar-refractivity contribution in [2.24, 2.45) is 0 Å². The van der Waals surface area contributed by atoms with E-state index in [9.17, 15) is 4.79 Å². The number of anilines is 2. The summed E-state index contributed by atoms with van der Waals surface area (Å²) >= 11 is 3.48. The van der Waals surface area contributed by atoms with Crippen molar-refractivity contribution in [1.82, 2.24) is 14.7 Å². The number of benzene rings is 3. The third-order valence-corrected chi connectivity index (χ3v) is 5.92. The molecule has 5 rings (SSSR count). The number of hydrogen-bond donors (Lipinski definition) is 1. The maximum absolute atomic E-state index is 12.9. The lowest BCUT2D eigenvalue weighted by atomic mass is 10.1. The monoisotopic (exact) mass is 464 g/mol. The summed E-state index contributed by atoms with van der Waals surface area (Å²) in [5.74, 6) is 0.869. The first-order valence-electron chi connectivity index (χ1n) is 9.95. The molecule has 0 unspecified atom stereocenters. The topological polar surface area (TPSA) is 59.4 Å². The molecule has 1 aromatic heterocycles. The zero-order valence-electron chi connectivity index (χ0n) is 16.3. The number of rotatable bonds is 4. The van der Waals surface area contributed by atoms with Gasteiger partial charge in [-0.15, -0.1) is 0 Å². The molecule has 1 amide bonds. The lowest BCUT2D eigenvalue weighted by Crippen LogP contribution is -2.42. The molecule has 152 valence electrons. The summed E-state index contributed by atoms with van der Waals surface area (Å²) in [6.07, 6.45) is 0. The molecule has 3 aromatic carbocycles. The number of nitrogens with zero attached hydrogens (tertiary/aromatic N) is 3. The van der Waals surface area contributed by atoms with E-state index in [1.54, 1.807) is 4.68 Å². The Labute approximate surface area is 182 Å². The molecule has 1 aliphatic rings. The predicted molar refractivity (Wildman–Crippen MR) is 122 cm³/mol. The average molecular weight is 465 g/mol. The molecule has 0 saturated carbocycles. The number of carbonyl (C=O) groups is 1. The molecule has 0 bridgehead atoms. The fourth-order valence-corrected chi connectivity index (χ4v) is 4.09. The van der Waals surface area contributed by atoms with E-state index < -0.39 is 0 Å². The van der Waals surface area contributed by atoms with Gasteiger partial charge in [-0.3, -0.25) is 4.79 Å². The molecule has 0 aliphatic carbocycles. The Morgan fingerprint density at radius 1 is 1.00 bits per heavy atom. The zero-order valence-corrected chi connectivity index (χ0v) is 17.9. The molecule has 0 atom stereocenters. The quantitative estimate of drug-likeness (QED) is 0.481. The van der Waals surface area contributed by atoms with Crippen LogP contribution in [0.25, 0.3) is 21.7 Å². The minimum atomic E-state index is 0.0502. The molecule has 0 radical (unpaired) electrons. The molecular formula is C23H21BrN4O2. The van der Waals surface area contributed by atoms with Crippen LogP contribution in [0.1, 0.15) is 0 Å². The molecule has 2 heterocycles.